The van der Waals surface area contributed by atoms with Gasteiger partial charge in [0, 0.05) is 24.7 Å². The Hall–Kier alpha value is -0.0800. The van der Waals surface area contributed by atoms with Crippen LogP contribution < -0.4 is 5.32 Å². The number of likely N-dealkylation sites (tertiary alicyclic amines) is 1. The van der Waals surface area contributed by atoms with Gasteiger partial charge in [-0.25, -0.2) is 0 Å². The largest absolute Gasteiger partial charge is 0.310 e. The summed E-state index contributed by atoms with van der Waals surface area (Å²) in [5.41, 5.74) is 0. The minimum Gasteiger partial charge on any atom is -0.310 e. The lowest BCUT2D eigenvalue weighted by Crippen LogP contribution is -2.46. The molecule has 4 unspecified atom stereocenters. The summed E-state index contributed by atoms with van der Waals surface area (Å²) in [7, 11) is 0. The SMILES string of the molecule is CC1CCC(NC2CCN(C(C)C)C2)C(C)C1. The normalized spacial score (nSPS) is 40.1. The lowest BCUT2D eigenvalue weighted by molar-refractivity contribution is 0.207. The molecule has 1 heterocycles. The van der Waals surface area contributed by atoms with Crippen LogP contribution in [0.25, 0.3) is 0 Å². The maximum absolute atomic E-state index is 3.93. The monoisotopic (exact) mass is 238 g/mol. The number of nitrogens with zero attached hydrogens (tertiary/aromatic N) is 1. The van der Waals surface area contributed by atoms with E-state index < -0.39 is 0 Å². The molecule has 0 aromatic rings. The van der Waals surface area contributed by atoms with Crippen molar-refractivity contribution in [2.75, 3.05) is 13.1 Å². The quantitative estimate of drug-likeness (QED) is 0.813. The fourth-order valence-electron chi connectivity index (χ4n) is 3.61. The van der Waals surface area contributed by atoms with Crippen molar-refractivity contribution >= 4 is 0 Å². The van der Waals surface area contributed by atoms with Crippen LogP contribution in [-0.2, 0) is 0 Å². The van der Waals surface area contributed by atoms with Gasteiger partial charge in [-0.1, -0.05) is 13.8 Å². The molecule has 2 aliphatic rings. The van der Waals surface area contributed by atoms with Crippen LogP contribution in [0.2, 0.25) is 0 Å². The average Bonchev–Trinajstić information content (AvgIpc) is 2.71. The molecule has 1 saturated carbocycles. The number of rotatable bonds is 3. The second-order valence-corrected chi connectivity index (χ2v) is 6.74. The zero-order valence-corrected chi connectivity index (χ0v) is 12.1. The highest BCUT2D eigenvalue weighted by Gasteiger charge is 2.30. The predicted octanol–water partition coefficient (Wildman–Crippen LogP) is 2.88. The van der Waals surface area contributed by atoms with Crippen molar-refractivity contribution in [1.82, 2.24) is 10.2 Å². The van der Waals surface area contributed by atoms with Crippen molar-refractivity contribution < 1.29 is 0 Å². The molecule has 0 amide bonds. The highest BCUT2D eigenvalue weighted by atomic mass is 15.2. The summed E-state index contributed by atoms with van der Waals surface area (Å²) < 4.78 is 0. The first kappa shape index (κ1) is 13.4. The van der Waals surface area contributed by atoms with Crippen LogP contribution in [0.3, 0.4) is 0 Å². The van der Waals surface area contributed by atoms with Crippen LogP contribution in [-0.4, -0.2) is 36.1 Å². The fraction of sp³-hybridized carbons (Fsp3) is 1.00. The van der Waals surface area contributed by atoms with Gasteiger partial charge in [-0.3, -0.25) is 4.90 Å². The van der Waals surface area contributed by atoms with E-state index in [1.807, 2.05) is 0 Å². The summed E-state index contributed by atoms with van der Waals surface area (Å²) in [5, 5.41) is 3.93. The van der Waals surface area contributed by atoms with Crippen molar-refractivity contribution in [2.45, 2.75) is 71.5 Å². The number of hydrogen-bond donors (Lipinski definition) is 1. The van der Waals surface area contributed by atoms with E-state index in [9.17, 15) is 0 Å². The van der Waals surface area contributed by atoms with E-state index >= 15 is 0 Å². The van der Waals surface area contributed by atoms with E-state index in [1.165, 1.54) is 38.8 Å². The minimum atomic E-state index is 0.714. The molecule has 1 aliphatic heterocycles. The third-order valence-electron chi connectivity index (χ3n) is 4.83. The van der Waals surface area contributed by atoms with Gasteiger partial charge < -0.3 is 5.32 Å². The first-order valence-electron chi connectivity index (χ1n) is 7.56. The first-order valence-corrected chi connectivity index (χ1v) is 7.56. The zero-order chi connectivity index (χ0) is 12.4. The van der Waals surface area contributed by atoms with Crippen LogP contribution in [0.1, 0.15) is 53.4 Å². The zero-order valence-electron chi connectivity index (χ0n) is 12.1. The van der Waals surface area contributed by atoms with Gasteiger partial charge in [0.25, 0.3) is 0 Å². The second-order valence-electron chi connectivity index (χ2n) is 6.74. The Morgan fingerprint density at radius 2 is 1.88 bits per heavy atom. The Kier molecular flexibility index (Phi) is 4.48. The average molecular weight is 238 g/mol. The molecule has 4 atom stereocenters. The molecule has 2 heteroatoms. The molecule has 2 nitrogen and oxygen atoms in total. The standard InChI is InChI=1S/C15H30N2/c1-11(2)17-8-7-14(10-17)16-15-6-5-12(3)9-13(15)4/h11-16H,5-10H2,1-4H3. The van der Waals surface area contributed by atoms with Gasteiger partial charge in [-0.05, 0) is 57.9 Å². The van der Waals surface area contributed by atoms with Crippen molar-refractivity contribution in [1.29, 1.82) is 0 Å². The van der Waals surface area contributed by atoms with Crippen molar-refractivity contribution in [3.8, 4) is 0 Å². The number of nitrogens with one attached hydrogen (secondary N) is 1. The molecule has 0 radical (unpaired) electrons. The molecule has 2 fully saturated rings. The summed E-state index contributed by atoms with van der Waals surface area (Å²) in [6.07, 6.45) is 5.57. The summed E-state index contributed by atoms with van der Waals surface area (Å²) in [4.78, 5) is 2.60. The predicted molar refractivity (Wildman–Crippen MR) is 74.2 cm³/mol. The van der Waals surface area contributed by atoms with Crippen molar-refractivity contribution in [3.05, 3.63) is 0 Å². The molecule has 17 heavy (non-hydrogen) atoms. The van der Waals surface area contributed by atoms with Gasteiger partial charge in [0.2, 0.25) is 0 Å². The summed E-state index contributed by atoms with van der Waals surface area (Å²) in [6, 6.07) is 2.24. The summed E-state index contributed by atoms with van der Waals surface area (Å²) in [5.74, 6) is 1.81. The van der Waals surface area contributed by atoms with Crippen LogP contribution in [0, 0.1) is 11.8 Å². The Morgan fingerprint density at radius 3 is 2.47 bits per heavy atom. The lowest BCUT2D eigenvalue weighted by atomic mass is 9.79. The molecule has 1 aliphatic carbocycles. The summed E-state index contributed by atoms with van der Waals surface area (Å²) >= 11 is 0. The van der Waals surface area contributed by atoms with Crippen LogP contribution >= 0.6 is 0 Å². The van der Waals surface area contributed by atoms with E-state index in [0.717, 1.165) is 23.9 Å². The Morgan fingerprint density at radius 1 is 1.12 bits per heavy atom. The molecule has 1 saturated heterocycles. The fourth-order valence-corrected chi connectivity index (χ4v) is 3.61. The molecular weight excluding hydrogens is 208 g/mol. The Labute approximate surface area is 107 Å². The van der Waals surface area contributed by atoms with Crippen LogP contribution in [0.15, 0.2) is 0 Å². The lowest BCUT2D eigenvalue weighted by Gasteiger charge is -2.35. The highest BCUT2D eigenvalue weighted by Crippen LogP contribution is 2.29. The van der Waals surface area contributed by atoms with E-state index in [-0.39, 0.29) is 0 Å². The van der Waals surface area contributed by atoms with E-state index in [1.54, 1.807) is 0 Å². The molecule has 2 rings (SSSR count). The first-order chi connectivity index (χ1) is 8.06. The van der Waals surface area contributed by atoms with Gasteiger partial charge in [0.1, 0.15) is 0 Å². The Bertz CT molecular complexity index is 239. The smallest absolute Gasteiger partial charge is 0.0210 e. The van der Waals surface area contributed by atoms with E-state index in [2.05, 4.69) is 37.9 Å². The topological polar surface area (TPSA) is 15.3 Å². The molecule has 0 aromatic heterocycles. The molecule has 1 N–H and O–H groups in total. The third-order valence-corrected chi connectivity index (χ3v) is 4.83. The van der Waals surface area contributed by atoms with Gasteiger partial charge in [-0.15, -0.1) is 0 Å². The maximum atomic E-state index is 3.93. The molecule has 0 aromatic carbocycles. The number of hydrogen-bond acceptors (Lipinski definition) is 2. The van der Waals surface area contributed by atoms with Crippen molar-refractivity contribution in [3.63, 3.8) is 0 Å². The van der Waals surface area contributed by atoms with Gasteiger partial charge in [-0.2, -0.15) is 0 Å². The minimum absolute atomic E-state index is 0.714. The van der Waals surface area contributed by atoms with Crippen LogP contribution in [0.4, 0.5) is 0 Å². The van der Waals surface area contributed by atoms with E-state index in [0.29, 0.717) is 6.04 Å². The molecule has 0 bridgehead atoms. The van der Waals surface area contributed by atoms with Gasteiger partial charge in [0.05, 0.1) is 0 Å². The van der Waals surface area contributed by atoms with Crippen LogP contribution in [0.5, 0.6) is 0 Å². The second kappa shape index (κ2) is 5.71. The third kappa shape index (κ3) is 3.45. The maximum Gasteiger partial charge on any atom is 0.0210 e. The summed E-state index contributed by atoms with van der Waals surface area (Å²) in [6.45, 7) is 12.0. The van der Waals surface area contributed by atoms with Gasteiger partial charge >= 0.3 is 0 Å². The van der Waals surface area contributed by atoms with E-state index in [4.69, 9.17) is 0 Å². The Balaban J connectivity index is 1.78. The molecular formula is C15H30N2. The molecule has 100 valence electrons. The van der Waals surface area contributed by atoms with Crippen molar-refractivity contribution in [2.24, 2.45) is 11.8 Å². The van der Waals surface area contributed by atoms with Gasteiger partial charge in [0.15, 0.2) is 0 Å². The molecule has 0 spiro atoms. The highest BCUT2D eigenvalue weighted by molar-refractivity contribution is 4.89.